The maximum atomic E-state index is 9.06. The summed E-state index contributed by atoms with van der Waals surface area (Å²) in [5, 5.41) is 17.7. The molecule has 0 aromatic rings. The molecule has 0 aromatic carbocycles. The van der Waals surface area contributed by atoms with Crippen LogP contribution in [0.5, 0.6) is 0 Å². The molecule has 0 rings (SSSR count). The number of unbranched alkanes of at least 4 members (excludes halogenated alkanes) is 10. The number of rotatable bonds is 17. The van der Waals surface area contributed by atoms with Crippen molar-refractivity contribution >= 4 is 0 Å². The number of aliphatic hydroxyl groups is 2. The Balaban J connectivity index is 0. The third-order valence-corrected chi connectivity index (χ3v) is 3.82. The number of ether oxygens (including phenoxy) is 2. The quantitative estimate of drug-likeness (QED) is 0.374. The summed E-state index contributed by atoms with van der Waals surface area (Å²) < 4.78 is 10.1. The summed E-state index contributed by atoms with van der Waals surface area (Å²) in [4.78, 5) is 0. The molecular weight excluding hydrogens is 304 g/mol. The van der Waals surface area contributed by atoms with Gasteiger partial charge in [-0.1, -0.05) is 71.1 Å². The van der Waals surface area contributed by atoms with E-state index in [0.717, 1.165) is 19.6 Å². The maximum absolute atomic E-state index is 9.06. The van der Waals surface area contributed by atoms with Crippen molar-refractivity contribution < 1.29 is 19.7 Å². The summed E-state index contributed by atoms with van der Waals surface area (Å²) in [6, 6.07) is 0. The molecule has 0 aliphatic heterocycles. The summed E-state index contributed by atoms with van der Waals surface area (Å²) in [6.07, 6.45) is 13.9. The molecule has 4 nitrogen and oxygen atoms in total. The molecule has 0 radical (unpaired) electrons. The van der Waals surface area contributed by atoms with Crippen molar-refractivity contribution in [2.75, 3.05) is 33.0 Å². The third kappa shape index (κ3) is 26.7. The Kier molecular flexibility index (Phi) is 27.3. The molecule has 0 aromatic heterocycles. The Morgan fingerprint density at radius 3 is 1.50 bits per heavy atom. The fourth-order valence-corrected chi connectivity index (χ4v) is 2.34. The Morgan fingerprint density at radius 1 is 0.667 bits per heavy atom. The summed E-state index contributed by atoms with van der Waals surface area (Å²) in [6.45, 7) is 8.68. The van der Waals surface area contributed by atoms with Crippen LogP contribution in [0.15, 0.2) is 0 Å². The molecule has 0 amide bonds. The largest absolute Gasteiger partial charge is 0.394 e. The van der Waals surface area contributed by atoms with Crippen LogP contribution in [0.25, 0.3) is 0 Å². The van der Waals surface area contributed by atoms with E-state index in [2.05, 4.69) is 6.92 Å². The van der Waals surface area contributed by atoms with E-state index in [4.69, 9.17) is 19.7 Å². The SMILES string of the molecule is CCCCCCCCCCCCCOCC(O)CO.CCOCC. The van der Waals surface area contributed by atoms with E-state index in [9.17, 15) is 0 Å². The highest BCUT2D eigenvalue weighted by Gasteiger charge is 2.00. The fourth-order valence-electron chi connectivity index (χ4n) is 2.34. The maximum Gasteiger partial charge on any atom is 0.100 e. The Hall–Kier alpha value is -0.160. The van der Waals surface area contributed by atoms with E-state index < -0.39 is 6.10 Å². The Bertz CT molecular complexity index is 198. The van der Waals surface area contributed by atoms with E-state index in [-0.39, 0.29) is 13.2 Å². The van der Waals surface area contributed by atoms with Gasteiger partial charge in [-0.25, -0.2) is 0 Å². The molecule has 1 atom stereocenters. The van der Waals surface area contributed by atoms with E-state index >= 15 is 0 Å². The zero-order valence-corrected chi connectivity index (χ0v) is 16.6. The normalized spacial score (nSPS) is 11.9. The molecule has 1 unspecified atom stereocenters. The van der Waals surface area contributed by atoms with E-state index in [1.54, 1.807) is 0 Å². The average Bonchev–Trinajstić information content (AvgIpc) is 2.60. The first kappa shape index (κ1) is 26.1. The minimum Gasteiger partial charge on any atom is -0.394 e. The van der Waals surface area contributed by atoms with Crippen LogP contribution in [-0.4, -0.2) is 49.4 Å². The van der Waals surface area contributed by atoms with Gasteiger partial charge in [-0.15, -0.1) is 0 Å². The van der Waals surface area contributed by atoms with Gasteiger partial charge in [-0.05, 0) is 20.3 Å². The van der Waals surface area contributed by atoms with Crippen molar-refractivity contribution in [1.29, 1.82) is 0 Å². The summed E-state index contributed by atoms with van der Waals surface area (Å²) >= 11 is 0. The molecule has 0 saturated heterocycles. The Morgan fingerprint density at radius 2 is 1.12 bits per heavy atom. The highest BCUT2D eigenvalue weighted by molar-refractivity contribution is 4.50. The molecule has 0 fully saturated rings. The van der Waals surface area contributed by atoms with Gasteiger partial charge in [-0.2, -0.15) is 0 Å². The van der Waals surface area contributed by atoms with E-state index in [1.165, 1.54) is 64.2 Å². The first-order chi connectivity index (χ1) is 11.7. The highest BCUT2D eigenvalue weighted by Crippen LogP contribution is 2.11. The lowest BCUT2D eigenvalue weighted by atomic mass is 10.1. The van der Waals surface area contributed by atoms with Crippen LogP contribution >= 0.6 is 0 Å². The van der Waals surface area contributed by atoms with Gasteiger partial charge in [-0.3, -0.25) is 0 Å². The van der Waals surface area contributed by atoms with E-state index in [0.29, 0.717) is 6.61 Å². The molecule has 0 aliphatic rings. The molecule has 0 heterocycles. The van der Waals surface area contributed by atoms with Crippen LogP contribution in [-0.2, 0) is 9.47 Å². The number of hydrogen-bond donors (Lipinski definition) is 2. The van der Waals surface area contributed by atoms with Gasteiger partial charge in [0.1, 0.15) is 6.10 Å². The average molecular weight is 349 g/mol. The van der Waals surface area contributed by atoms with Crippen molar-refractivity contribution in [3.63, 3.8) is 0 Å². The molecule has 0 saturated carbocycles. The summed E-state index contributed by atoms with van der Waals surface area (Å²) in [7, 11) is 0. The second kappa shape index (κ2) is 25.1. The second-order valence-corrected chi connectivity index (χ2v) is 6.23. The molecule has 148 valence electrons. The van der Waals surface area contributed by atoms with Crippen molar-refractivity contribution in [2.45, 2.75) is 97.5 Å². The monoisotopic (exact) mass is 348 g/mol. The number of hydrogen-bond acceptors (Lipinski definition) is 4. The lowest BCUT2D eigenvalue weighted by Gasteiger charge is -2.07. The van der Waals surface area contributed by atoms with Gasteiger partial charge >= 0.3 is 0 Å². The van der Waals surface area contributed by atoms with Gasteiger partial charge in [0.05, 0.1) is 13.2 Å². The molecule has 0 bridgehead atoms. The smallest absolute Gasteiger partial charge is 0.100 e. The van der Waals surface area contributed by atoms with Crippen LogP contribution in [0.1, 0.15) is 91.4 Å². The van der Waals surface area contributed by atoms with E-state index in [1.807, 2.05) is 13.8 Å². The fraction of sp³-hybridized carbons (Fsp3) is 1.00. The second-order valence-electron chi connectivity index (χ2n) is 6.23. The first-order valence-electron chi connectivity index (χ1n) is 10.2. The molecule has 24 heavy (non-hydrogen) atoms. The predicted octanol–water partition coefficient (Wildman–Crippen LogP) is 4.71. The first-order valence-corrected chi connectivity index (χ1v) is 10.2. The lowest BCUT2D eigenvalue weighted by Crippen LogP contribution is -2.19. The van der Waals surface area contributed by atoms with Gasteiger partial charge in [0, 0.05) is 19.8 Å². The van der Waals surface area contributed by atoms with Crippen molar-refractivity contribution in [3.8, 4) is 0 Å². The predicted molar refractivity (Wildman–Crippen MR) is 103 cm³/mol. The molecule has 0 aliphatic carbocycles. The van der Waals surface area contributed by atoms with Crippen LogP contribution in [0, 0.1) is 0 Å². The van der Waals surface area contributed by atoms with Crippen LogP contribution in [0.3, 0.4) is 0 Å². The van der Waals surface area contributed by atoms with Crippen molar-refractivity contribution in [2.24, 2.45) is 0 Å². The van der Waals surface area contributed by atoms with Gasteiger partial charge in [0.15, 0.2) is 0 Å². The summed E-state index contributed by atoms with van der Waals surface area (Å²) in [5.74, 6) is 0. The van der Waals surface area contributed by atoms with Gasteiger partial charge in [0.25, 0.3) is 0 Å². The molecular formula is C20H44O4. The summed E-state index contributed by atoms with van der Waals surface area (Å²) in [5.41, 5.74) is 0. The molecule has 4 heteroatoms. The van der Waals surface area contributed by atoms with Crippen LogP contribution in [0.2, 0.25) is 0 Å². The van der Waals surface area contributed by atoms with Crippen LogP contribution < -0.4 is 0 Å². The highest BCUT2D eigenvalue weighted by atomic mass is 16.5. The van der Waals surface area contributed by atoms with Gasteiger partial charge < -0.3 is 19.7 Å². The van der Waals surface area contributed by atoms with Crippen LogP contribution in [0.4, 0.5) is 0 Å². The molecule has 0 spiro atoms. The van der Waals surface area contributed by atoms with Crippen molar-refractivity contribution in [1.82, 2.24) is 0 Å². The Labute approximate surface area is 150 Å². The van der Waals surface area contributed by atoms with Crippen molar-refractivity contribution in [3.05, 3.63) is 0 Å². The standard InChI is InChI=1S/C16H34O3.C4H10O/c1-2-3-4-5-6-7-8-9-10-11-12-13-19-15-16(18)14-17;1-3-5-4-2/h16-18H,2-15H2,1H3;3-4H2,1-2H3. The topological polar surface area (TPSA) is 58.9 Å². The minimum atomic E-state index is -0.715. The third-order valence-electron chi connectivity index (χ3n) is 3.82. The minimum absolute atomic E-state index is 0.210. The lowest BCUT2D eigenvalue weighted by molar-refractivity contribution is 0.00526. The van der Waals surface area contributed by atoms with Gasteiger partial charge in [0.2, 0.25) is 0 Å². The molecule has 2 N–H and O–H groups in total. The zero-order valence-electron chi connectivity index (χ0n) is 16.6. The zero-order chi connectivity index (χ0) is 18.3. The number of aliphatic hydroxyl groups excluding tert-OH is 2.